The van der Waals surface area contributed by atoms with E-state index < -0.39 is 0 Å². The molecular formula is C12H12BrNO3. The number of aliphatic hydroxyl groups excluding tert-OH is 1. The van der Waals surface area contributed by atoms with E-state index in [0.29, 0.717) is 5.75 Å². The van der Waals surface area contributed by atoms with Crippen LogP contribution in [-0.2, 0) is 0 Å². The van der Waals surface area contributed by atoms with E-state index in [9.17, 15) is 0 Å². The van der Waals surface area contributed by atoms with Crippen molar-refractivity contribution in [1.82, 2.24) is 4.98 Å². The summed E-state index contributed by atoms with van der Waals surface area (Å²) in [6, 6.07) is 5.51. The van der Waals surface area contributed by atoms with Gasteiger partial charge in [-0.05, 0) is 28.1 Å². The number of fused-ring (bicyclic) bond motifs is 1. The SMILES string of the molecule is COc1cc2nccc(OCCO)c2cc1Br. The summed E-state index contributed by atoms with van der Waals surface area (Å²) in [6.07, 6.45) is 1.67. The van der Waals surface area contributed by atoms with Gasteiger partial charge in [0, 0.05) is 17.6 Å². The van der Waals surface area contributed by atoms with Crippen molar-refractivity contribution >= 4 is 26.8 Å². The molecule has 2 aromatic rings. The molecule has 17 heavy (non-hydrogen) atoms. The van der Waals surface area contributed by atoms with E-state index in [1.165, 1.54) is 0 Å². The molecule has 1 aromatic heterocycles. The quantitative estimate of drug-likeness (QED) is 0.941. The minimum absolute atomic E-state index is 0.0128. The standard InChI is InChI=1S/C12H12BrNO3/c1-16-12-7-10-8(6-9(12)13)11(2-3-14-10)17-5-4-15/h2-3,6-7,15H,4-5H2,1H3. The molecule has 2 rings (SSSR count). The summed E-state index contributed by atoms with van der Waals surface area (Å²) < 4.78 is 11.5. The largest absolute Gasteiger partial charge is 0.495 e. The Morgan fingerprint density at radius 2 is 2.18 bits per heavy atom. The molecule has 0 aliphatic carbocycles. The third-order valence-corrected chi connectivity index (χ3v) is 2.94. The van der Waals surface area contributed by atoms with Gasteiger partial charge in [0.2, 0.25) is 0 Å². The van der Waals surface area contributed by atoms with E-state index in [1.807, 2.05) is 12.1 Å². The maximum Gasteiger partial charge on any atom is 0.135 e. The smallest absolute Gasteiger partial charge is 0.135 e. The molecule has 0 amide bonds. The number of hydrogen-bond donors (Lipinski definition) is 1. The first-order valence-corrected chi connectivity index (χ1v) is 5.91. The van der Waals surface area contributed by atoms with Crippen molar-refractivity contribution in [3.63, 3.8) is 0 Å². The number of aromatic nitrogens is 1. The summed E-state index contributed by atoms with van der Waals surface area (Å²) in [5, 5.41) is 9.65. The van der Waals surface area contributed by atoms with Crippen molar-refractivity contribution in [3.05, 3.63) is 28.9 Å². The lowest BCUT2D eigenvalue weighted by Gasteiger charge is -2.09. The first kappa shape index (κ1) is 12.1. The molecule has 0 fully saturated rings. The topological polar surface area (TPSA) is 51.6 Å². The lowest BCUT2D eigenvalue weighted by atomic mass is 10.2. The molecule has 1 heterocycles. The predicted molar refractivity (Wildman–Crippen MR) is 68.6 cm³/mol. The molecule has 0 unspecified atom stereocenters. The Bertz CT molecular complexity index is 530. The zero-order valence-corrected chi connectivity index (χ0v) is 10.9. The number of aliphatic hydroxyl groups is 1. The van der Waals surface area contributed by atoms with Gasteiger partial charge in [0.25, 0.3) is 0 Å². The Hall–Kier alpha value is -1.33. The number of ether oxygens (including phenoxy) is 2. The van der Waals surface area contributed by atoms with Gasteiger partial charge in [-0.25, -0.2) is 0 Å². The van der Waals surface area contributed by atoms with Crippen molar-refractivity contribution in [2.75, 3.05) is 20.3 Å². The summed E-state index contributed by atoms with van der Waals surface area (Å²) in [4.78, 5) is 4.26. The molecule has 0 radical (unpaired) electrons. The van der Waals surface area contributed by atoms with Crippen LogP contribution in [0.3, 0.4) is 0 Å². The van der Waals surface area contributed by atoms with Crippen LogP contribution in [0.25, 0.3) is 10.9 Å². The molecule has 0 bridgehead atoms. The first-order chi connectivity index (χ1) is 8.26. The molecular weight excluding hydrogens is 286 g/mol. The molecule has 0 aliphatic rings. The highest BCUT2D eigenvalue weighted by atomic mass is 79.9. The molecule has 0 atom stereocenters. The summed E-state index contributed by atoms with van der Waals surface area (Å²) in [5.74, 6) is 1.43. The van der Waals surface area contributed by atoms with E-state index in [1.54, 1.807) is 19.4 Å². The average molecular weight is 298 g/mol. The fourth-order valence-electron chi connectivity index (χ4n) is 1.56. The molecule has 0 aliphatic heterocycles. The summed E-state index contributed by atoms with van der Waals surface area (Å²) in [6.45, 7) is 0.254. The van der Waals surface area contributed by atoms with E-state index in [-0.39, 0.29) is 13.2 Å². The van der Waals surface area contributed by atoms with Crippen LogP contribution in [0, 0.1) is 0 Å². The molecule has 90 valence electrons. The Morgan fingerprint density at radius 1 is 1.35 bits per heavy atom. The molecule has 1 N–H and O–H groups in total. The van der Waals surface area contributed by atoms with Crippen LogP contribution < -0.4 is 9.47 Å². The van der Waals surface area contributed by atoms with Gasteiger partial charge < -0.3 is 14.6 Å². The van der Waals surface area contributed by atoms with Crippen molar-refractivity contribution in [3.8, 4) is 11.5 Å². The third kappa shape index (κ3) is 2.50. The maximum absolute atomic E-state index is 8.77. The van der Waals surface area contributed by atoms with Gasteiger partial charge in [-0.3, -0.25) is 4.98 Å². The van der Waals surface area contributed by atoms with Crippen LogP contribution in [0.5, 0.6) is 11.5 Å². The van der Waals surface area contributed by atoms with Gasteiger partial charge in [-0.2, -0.15) is 0 Å². The van der Waals surface area contributed by atoms with Crippen molar-refractivity contribution in [2.45, 2.75) is 0 Å². The zero-order chi connectivity index (χ0) is 12.3. The minimum Gasteiger partial charge on any atom is -0.495 e. The lowest BCUT2D eigenvalue weighted by Crippen LogP contribution is -2.02. The van der Waals surface area contributed by atoms with E-state index >= 15 is 0 Å². The number of nitrogens with zero attached hydrogens (tertiary/aromatic N) is 1. The Kier molecular flexibility index (Phi) is 3.81. The average Bonchev–Trinajstić information content (AvgIpc) is 2.35. The van der Waals surface area contributed by atoms with Gasteiger partial charge in [0.1, 0.15) is 18.1 Å². The highest BCUT2D eigenvalue weighted by Crippen LogP contribution is 2.33. The number of methoxy groups -OCH3 is 1. The van der Waals surface area contributed by atoms with E-state index in [4.69, 9.17) is 14.6 Å². The number of halogens is 1. The Balaban J connectivity index is 2.52. The van der Waals surface area contributed by atoms with Gasteiger partial charge in [-0.1, -0.05) is 0 Å². The molecule has 1 aromatic carbocycles. The normalized spacial score (nSPS) is 10.5. The van der Waals surface area contributed by atoms with Crippen LogP contribution in [0.15, 0.2) is 28.9 Å². The summed E-state index contributed by atoms with van der Waals surface area (Å²) >= 11 is 3.42. The van der Waals surface area contributed by atoms with Crippen LogP contribution >= 0.6 is 15.9 Å². The monoisotopic (exact) mass is 297 g/mol. The fourth-order valence-corrected chi connectivity index (χ4v) is 2.07. The highest BCUT2D eigenvalue weighted by Gasteiger charge is 2.08. The lowest BCUT2D eigenvalue weighted by molar-refractivity contribution is 0.202. The third-order valence-electron chi connectivity index (χ3n) is 2.32. The summed E-state index contributed by atoms with van der Waals surface area (Å²) in [7, 11) is 1.61. The van der Waals surface area contributed by atoms with Crippen LogP contribution in [0.1, 0.15) is 0 Å². The highest BCUT2D eigenvalue weighted by molar-refractivity contribution is 9.10. The van der Waals surface area contributed by atoms with Crippen molar-refractivity contribution in [2.24, 2.45) is 0 Å². The molecule has 0 saturated carbocycles. The Morgan fingerprint density at radius 3 is 2.88 bits per heavy atom. The molecule has 0 saturated heterocycles. The predicted octanol–water partition coefficient (Wildman–Crippen LogP) is 2.38. The second kappa shape index (κ2) is 5.33. The van der Waals surface area contributed by atoms with Crippen LogP contribution in [0.4, 0.5) is 0 Å². The molecule has 0 spiro atoms. The second-order valence-electron chi connectivity index (χ2n) is 3.39. The van der Waals surface area contributed by atoms with E-state index in [0.717, 1.165) is 21.1 Å². The number of pyridine rings is 1. The number of benzene rings is 1. The van der Waals surface area contributed by atoms with Crippen molar-refractivity contribution in [1.29, 1.82) is 0 Å². The fraction of sp³-hybridized carbons (Fsp3) is 0.250. The van der Waals surface area contributed by atoms with Gasteiger partial charge in [0.15, 0.2) is 0 Å². The molecule has 5 heteroatoms. The Labute approximate surface area is 107 Å². The molecule has 4 nitrogen and oxygen atoms in total. The number of rotatable bonds is 4. The number of hydrogen-bond acceptors (Lipinski definition) is 4. The summed E-state index contributed by atoms with van der Waals surface area (Å²) in [5.41, 5.74) is 0.792. The first-order valence-electron chi connectivity index (χ1n) is 5.12. The van der Waals surface area contributed by atoms with Gasteiger partial charge in [0.05, 0.1) is 23.7 Å². The second-order valence-corrected chi connectivity index (χ2v) is 4.24. The van der Waals surface area contributed by atoms with Crippen molar-refractivity contribution < 1.29 is 14.6 Å². The van der Waals surface area contributed by atoms with Crippen LogP contribution in [0.2, 0.25) is 0 Å². The van der Waals surface area contributed by atoms with Gasteiger partial charge in [-0.15, -0.1) is 0 Å². The maximum atomic E-state index is 8.77. The van der Waals surface area contributed by atoms with Crippen LogP contribution in [-0.4, -0.2) is 30.4 Å². The zero-order valence-electron chi connectivity index (χ0n) is 9.31. The van der Waals surface area contributed by atoms with Gasteiger partial charge >= 0.3 is 0 Å². The van der Waals surface area contributed by atoms with E-state index in [2.05, 4.69) is 20.9 Å². The minimum atomic E-state index is -0.0128.